The number of benzene rings is 3. The predicted molar refractivity (Wildman–Crippen MR) is 163 cm³/mol. The van der Waals surface area contributed by atoms with Gasteiger partial charge in [0.2, 0.25) is 0 Å². The van der Waals surface area contributed by atoms with Gasteiger partial charge in [0.1, 0.15) is 6.61 Å². The van der Waals surface area contributed by atoms with E-state index in [1.54, 1.807) is 31.2 Å². The smallest absolute Gasteiger partial charge is 0.407 e. The van der Waals surface area contributed by atoms with Crippen LogP contribution in [0.1, 0.15) is 48.0 Å². The summed E-state index contributed by atoms with van der Waals surface area (Å²) in [5.41, 5.74) is 4.25. The number of azo groups is 1. The van der Waals surface area contributed by atoms with Crippen molar-refractivity contribution in [3.8, 4) is 5.69 Å². The highest BCUT2D eigenvalue weighted by Crippen LogP contribution is 2.24. The summed E-state index contributed by atoms with van der Waals surface area (Å²) in [6, 6.07) is 23.5. The summed E-state index contributed by atoms with van der Waals surface area (Å²) in [4.78, 5) is 37.7. The van der Waals surface area contributed by atoms with Crippen LogP contribution in [0.2, 0.25) is 0 Å². The van der Waals surface area contributed by atoms with Crippen molar-refractivity contribution in [3.63, 3.8) is 0 Å². The number of hydrogen-bond acceptors (Lipinski definition) is 6. The number of hydrogen-bond donors (Lipinski definition) is 3. The van der Waals surface area contributed by atoms with Crippen LogP contribution in [0.15, 0.2) is 100 Å². The number of aromatic amines is 1. The van der Waals surface area contributed by atoms with Gasteiger partial charge in [0, 0.05) is 5.56 Å². The van der Waals surface area contributed by atoms with Gasteiger partial charge in [-0.05, 0) is 81.3 Å². The molecule has 0 spiro atoms. The summed E-state index contributed by atoms with van der Waals surface area (Å²) in [5, 5.41) is 16.9. The summed E-state index contributed by atoms with van der Waals surface area (Å²) < 4.78 is 6.68. The molecule has 0 fully saturated rings. The van der Waals surface area contributed by atoms with Crippen molar-refractivity contribution in [3.05, 3.63) is 118 Å². The zero-order chi connectivity index (χ0) is 30.3. The quantitative estimate of drug-likeness (QED) is 0.153. The molecular formula is C32H34N6O4. The molecule has 0 saturated heterocycles. The second-order valence-corrected chi connectivity index (χ2v) is 10.3. The third-order valence-corrected chi connectivity index (χ3v) is 6.56. The van der Waals surface area contributed by atoms with Gasteiger partial charge in [-0.25, -0.2) is 9.48 Å². The van der Waals surface area contributed by atoms with Crippen LogP contribution in [0.25, 0.3) is 11.3 Å². The Kier molecular flexibility index (Phi) is 9.16. The number of carbonyl (C=O) groups excluding carboxylic acids is 2. The lowest BCUT2D eigenvalue weighted by Gasteiger charge is -2.27. The molecule has 3 aromatic carbocycles. The van der Waals surface area contributed by atoms with E-state index in [-0.39, 0.29) is 30.3 Å². The molecule has 10 nitrogen and oxygen atoms in total. The minimum Gasteiger partial charge on any atom is -0.448 e. The van der Waals surface area contributed by atoms with Crippen molar-refractivity contribution in [2.75, 3.05) is 13.2 Å². The minimum atomic E-state index is -0.664. The summed E-state index contributed by atoms with van der Waals surface area (Å²) in [6.45, 7) is 11.6. The molecule has 0 radical (unpaired) electrons. The van der Waals surface area contributed by atoms with E-state index in [9.17, 15) is 14.4 Å². The molecule has 1 aromatic heterocycles. The van der Waals surface area contributed by atoms with Crippen LogP contribution in [0, 0.1) is 6.92 Å². The van der Waals surface area contributed by atoms with Crippen LogP contribution in [0.4, 0.5) is 16.2 Å². The van der Waals surface area contributed by atoms with E-state index in [4.69, 9.17) is 4.74 Å². The number of aryl methyl sites for hydroxylation is 1. The van der Waals surface area contributed by atoms with Gasteiger partial charge in [-0.15, -0.1) is 5.11 Å². The first kappa shape index (κ1) is 29.7. The summed E-state index contributed by atoms with van der Waals surface area (Å²) >= 11 is 0. The maximum atomic E-state index is 12.8. The number of carbonyl (C=O) groups is 2. The Morgan fingerprint density at radius 3 is 2.38 bits per heavy atom. The lowest BCUT2D eigenvalue weighted by molar-refractivity contribution is 0.0930. The second-order valence-electron chi connectivity index (χ2n) is 10.3. The van der Waals surface area contributed by atoms with Gasteiger partial charge in [0.25, 0.3) is 11.5 Å². The number of aromatic nitrogens is 2. The lowest BCUT2D eigenvalue weighted by atomic mass is 9.92. The van der Waals surface area contributed by atoms with Crippen LogP contribution in [0.5, 0.6) is 0 Å². The fourth-order valence-electron chi connectivity index (χ4n) is 4.15. The van der Waals surface area contributed by atoms with Gasteiger partial charge in [0.05, 0.1) is 29.2 Å². The van der Waals surface area contributed by atoms with E-state index < -0.39 is 11.6 Å². The Morgan fingerprint density at radius 1 is 0.976 bits per heavy atom. The third kappa shape index (κ3) is 7.28. The first-order valence-corrected chi connectivity index (χ1v) is 13.4. The Bertz CT molecular complexity index is 1670. The van der Waals surface area contributed by atoms with Crippen molar-refractivity contribution < 1.29 is 14.3 Å². The van der Waals surface area contributed by atoms with Gasteiger partial charge >= 0.3 is 6.09 Å². The Labute approximate surface area is 244 Å². The number of allylic oxidation sites excluding steroid dienone is 1. The number of H-pyrrole nitrogens is 1. The van der Waals surface area contributed by atoms with E-state index in [1.165, 1.54) is 4.68 Å². The SMILES string of the molecule is C=C(C)c1cccc(C(C)(C)NC(=O)OCCNC(=O)c2ccc(N=Nc3c(C)[nH]n(-c4ccccc4)c3=O)cc2)c1. The molecule has 2 amide bonds. The first-order valence-electron chi connectivity index (χ1n) is 13.4. The Hall–Kier alpha value is -5.25. The molecule has 0 aliphatic carbocycles. The summed E-state index contributed by atoms with van der Waals surface area (Å²) in [6.07, 6.45) is -0.585. The Morgan fingerprint density at radius 2 is 1.69 bits per heavy atom. The molecule has 0 aliphatic heterocycles. The molecule has 1 heterocycles. The van der Waals surface area contributed by atoms with Crippen LogP contribution in [-0.2, 0) is 10.3 Å². The highest BCUT2D eigenvalue weighted by atomic mass is 16.5. The standard InChI is InChI=1S/C32H34N6O4/c1-21(2)24-10-9-11-25(20-24)32(4,5)34-31(41)42-19-18-33-29(39)23-14-16-26(17-15-23)35-36-28-22(3)37-38(30(28)40)27-12-7-6-8-13-27/h6-17,20,37H,1,18-19H2,2-5H3,(H,33,39)(H,34,41). The highest BCUT2D eigenvalue weighted by Gasteiger charge is 2.24. The number of ether oxygens (including phenoxy) is 1. The molecule has 0 bridgehead atoms. The van der Waals surface area contributed by atoms with Crippen LogP contribution >= 0.6 is 0 Å². The van der Waals surface area contributed by atoms with E-state index in [1.807, 2.05) is 75.4 Å². The molecule has 0 unspecified atom stereocenters. The average Bonchev–Trinajstić information content (AvgIpc) is 3.27. The van der Waals surface area contributed by atoms with E-state index in [0.29, 0.717) is 22.6 Å². The fourth-order valence-corrected chi connectivity index (χ4v) is 4.15. The number of rotatable bonds is 10. The molecule has 4 rings (SSSR count). The monoisotopic (exact) mass is 566 g/mol. The number of nitrogens with zero attached hydrogens (tertiary/aromatic N) is 3. The maximum Gasteiger partial charge on any atom is 0.407 e. The van der Waals surface area contributed by atoms with Crippen LogP contribution < -0.4 is 16.2 Å². The van der Waals surface area contributed by atoms with E-state index >= 15 is 0 Å². The van der Waals surface area contributed by atoms with Gasteiger partial charge in [-0.1, -0.05) is 48.6 Å². The van der Waals surface area contributed by atoms with Crippen molar-refractivity contribution >= 4 is 28.9 Å². The number of nitrogens with one attached hydrogen (secondary N) is 3. The maximum absolute atomic E-state index is 12.8. The first-order chi connectivity index (χ1) is 20.0. The molecule has 3 N–H and O–H groups in total. The predicted octanol–water partition coefficient (Wildman–Crippen LogP) is 6.31. The second kappa shape index (κ2) is 12.9. The van der Waals surface area contributed by atoms with E-state index in [2.05, 4.69) is 32.5 Å². The Balaban J connectivity index is 1.26. The normalized spacial score (nSPS) is 11.3. The zero-order valence-corrected chi connectivity index (χ0v) is 24.1. The van der Waals surface area contributed by atoms with Gasteiger partial charge in [0.15, 0.2) is 5.69 Å². The van der Waals surface area contributed by atoms with Gasteiger partial charge < -0.3 is 15.4 Å². The largest absolute Gasteiger partial charge is 0.448 e. The number of amides is 2. The molecule has 0 atom stereocenters. The summed E-state index contributed by atoms with van der Waals surface area (Å²) in [7, 11) is 0. The average molecular weight is 567 g/mol. The summed E-state index contributed by atoms with van der Waals surface area (Å²) in [5.74, 6) is -0.327. The third-order valence-electron chi connectivity index (χ3n) is 6.56. The highest BCUT2D eigenvalue weighted by molar-refractivity contribution is 5.94. The van der Waals surface area contributed by atoms with Gasteiger partial charge in [-0.3, -0.25) is 14.7 Å². The zero-order valence-electron chi connectivity index (χ0n) is 24.1. The van der Waals surface area contributed by atoms with Crippen molar-refractivity contribution in [1.82, 2.24) is 20.4 Å². The molecule has 216 valence electrons. The molecular weight excluding hydrogens is 532 g/mol. The molecule has 42 heavy (non-hydrogen) atoms. The van der Waals surface area contributed by atoms with Crippen molar-refractivity contribution in [1.29, 1.82) is 0 Å². The number of para-hydroxylation sites is 1. The van der Waals surface area contributed by atoms with E-state index in [0.717, 1.165) is 16.7 Å². The molecule has 0 aliphatic rings. The van der Waals surface area contributed by atoms with Crippen molar-refractivity contribution in [2.24, 2.45) is 10.2 Å². The van der Waals surface area contributed by atoms with Crippen LogP contribution in [-0.4, -0.2) is 34.9 Å². The molecule has 4 aromatic rings. The minimum absolute atomic E-state index is 0.00226. The van der Waals surface area contributed by atoms with Crippen molar-refractivity contribution in [2.45, 2.75) is 33.2 Å². The lowest BCUT2D eigenvalue weighted by Crippen LogP contribution is -2.42. The van der Waals surface area contributed by atoms with Gasteiger partial charge in [-0.2, -0.15) is 5.11 Å². The number of alkyl carbamates (subject to hydrolysis) is 1. The molecule has 0 saturated carbocycles. The molecule has 10 heteroatoms. The fraction of sp³-hybridized carbons (Fsp3) is 0.219. The van der Waals surface area contributed by atoms with Crippen LogP contribution in [0.3, 0.4) is 0 Å². The topological polar surface area (TPSA) is 130 Å².